The summed E-state index contributed by atoms with van der Waals surface area (Å²) in [5.41, 5.74) is 0.679. The van der Waals surface area contributed by atoms with E-state index in [0.29, 0.717) is 13.2 Å². The van der Waals surface area contributed by atoms with E-state index in [0.717, 1.165) is 11.5 Å². The summed E-state index contributed by atoms with van der Waals surface area (Å²) in [7, 11) is 1.85. The first kappa shape index (κ1) is 13.8. The average Bonchev–Trinajstić information content (AvgIpc) is 2.82. The predicted octanol–water partition coefficient (Wildman–Crippen LogP) is 1.73. The summed E-state index contributed by atoms with van der Waals surface area (Å²) < 4.78 is 7.08. The fourth-order valence-electron chi connectivity index (χ4n) is 1.69. The maximum absolute atomic E-state index is 10.9. The number of aromatic nitrogens is 3. The third-order valence-corrected chi connectivity index (χ3v) is 2.71. The van der Waals surface area contributed by atoms with E-state index < -0.39 is 4.92 Å². The lowest BCUT2D eigenvalue weighted by molar-refractivity contribution is -0.385. The van der Waals surface area contributed by atoms with Crippen molar-refractivity contribution in [1.29, 1.82) is 0 Å². The number of nitrogens with zero attached hydrogens (tertiary/aromatic N) is 4. The number of ether oxygens (including phenoxy) is 1. The lowest BCUT2D eigenvalue weighted by Crippen LogP contribution is -2.06. The second-order valence-corrected chi connectivity index (χ2v) is 4.08. The molecule has 0 saturated carbocycles. The molecule has 1 N–H and O–H groups in total. The van der Waals surface area contributed by atoms with E-state index in [-0.39, 0.29) is 11.4 Å². The van der Waals surface area contributed by atoms with Gasteiger partial charge in [0.25, 0.3) is 0 Å². The highest BCUT2D eigenvalue weighted by atomic mass is 16.6. The fraction of sp³-hybridized carbons (Fsp3) is 0.333. The summed E-state index contributed by atoms with van der Waals surface area (Å²) in [6.45, 7) is 2.62. The van der Waals surface area contributed by atoms with Gasteiger partial charge in [-0.1, -0.05) is 0 Å². The van der Waals surface area contributed by atoms with Gasteiger partial charge in [0.1, 0.15) is 6.33 Å². The lowest BCUT2D eigenvalue weighted by atomic mass is 10.2. The molecule has 0 fully saturated rings. The first-order chi connectivity index (χ1) is 9.61. The molecule has 8 heteroatoms. The van der Waals surface area contributed by atoms with Crippen LogP contribution in [0.15, 0.2) is 24.5 Å². The molecule has 1 aromatic heterocycles. The van der Waals surface area contributed by atoms with Crippen molar-refractivity contribution in [3.63, 3.8) is 0 Å². The van der Waals surface area contributed by atoms with Crippen LogP contribution in [-0.4, -0.2) is 26.3 Å². The zero-order chi connectivity index (χ0) is 14.5. The molecule has 0 unspecified atom stereocenters. The van der Waals surface area contributed by atoms with E-state index in [9.17, 15) is 10.1 Å². The second kappa shape index (κ2) is 6.00. The van der Waals surface area contributed by atoms with Crippen LogP contribution >= 0.6 is 0 Å². The van der Waals surface area contributed by atoms with E-state index in [2.05, 4.69) is 15.5 Å². The Morgan fingerprint density at radius 1 is 1.50 bits per heavy atom. The Hall–Kier alpha value is -2.64. The highest BCUT2D eigenvalue weighted by Gasteiger charge is 2.15. The van der Waals surface area contributed by atoms with Gasteiger partial charge < -0.3 is 14.6 Å². The largest absolute Gasteiger partial charge is 0.487 e. The van der Waals surface area contributed by atoms with E-state index >= 15 is 0 Å². The molecule has 0 radical (unpaired) electrons. The zero-order valence-electron chi connectivity index (χ0n) is 11.2. The molecule has 20 heavy (non-hydrogen) atoms. The lowest BCUT2D eigenvalue weighted by Gasteiger charge is -2.09. The van der Waals surface area contributed by atoms with Crippen LogP contribution in [0.1, 0.15) is 12.7 Å². The Bertz CT molecular complexity index is 611. The van der Waals surface area contributed by atoms with Crippen LogP contribution in [0.3, 0.4) is 0 Å². The SMILES string of the molecule is CCOc1cc(NCc2nncn2C)ccc1[N+](=O)[O-]. The fourth-order valence-corrected chi connectivity index (χ4v) is 1.69. The van der Waals surface area contributed by atoms with Crippen molar-refractivity contribution in [2.75, 3.05) is 11.9 Å². The highest BCUT2D eigenvalue weighted by molar-refractivity contribution is 5.57. The van der Waals surface area contributed by atoms with Crippen molar-refractivity contribution < 1.29 is 9.66 Å². The third kappa shape index (κ3) is 3.02. The second-order valence-electron chi connectivity index (χ2n) is 4.08. The van der Waals surface area contributed by atoms with Gasteiger partial charge >= 0.3 is 5.69 Å². The number of rotatable bonds is 6. The van der Waals surface area contributed by atoms with Gasteiger partial charge in [0.15, 0.2) is 11.6 Å². The van der Waals surface area contributed by atoms with Gasteiger partial charge in [-0.3, -0.25) is 10.1 Å². The Morgan fingerprint density at radius 2 is 2.30 bits per heavy atom. The van der Waals surface area contributed by atoms with Crippen molar-refractivity contribution in [3.05, 3.63) is 40.5 Å². The molecule has 0 aliphatic carbocycles. The van der Waals surface area contributed by atoms with Gasteiger partial charge in [0.05, 0.1) is 18.1 Å². The summed E-state index contributed by atoms with van der Waals surface area (Å²) in [5, 5.41) is 21.7. The molecule has 1 aromatic carbocycles. The molecule has 0 bridgehead atoms. The van der Waals surface area contributed by atoms with Gasteiger partial charge in [-0.15, -0.1) is 10.2 Å². The smallest absolute Gasteiger partial charge is 0.311 e. The highest BCUT2D eigenvalue weighted by Crippen LogP contribution is 2.30. The number of anilines is 1. The van der Waals surface area contributed by atoms with Crippen molar-refractivity contribution in [1.82, 2.24) is 14.8 Å². The number of nitro groups is 1. The number of nitrogens with one attached hydrogen (secondary N) is 1. The van der Waals surface area contributed by atoms with Crippen LogP contribution in [0.2, 0.25) is 0 Å². The third-order valence-electron chi connectivity index (χ3n) is 2.71. The molecule has 1 heterocycles. The van der Waals surface area contributed by atoms with Crippen molar-refractivity contribution >= 4 is 11.4 Å². The monoisotopic (exact) mass is 277 g/mol. The minimum atomic E-state index is -0.461. The van der Waals surface area contributed by atoms with Gasteiger partial charge in [0, 0.05) is 24.9 Å². The topological polar surface area (TPSA) is 95.1 Å². The maximum atomic E-state index is 10.9. The Balaban J connectivity index is 2.14. The molecule has 0 atom stereocenters. The molecule has 0 amide bonds. The molecule has 8 nitrogen and oxygen atoms in total. The summed E-state index contributed by atoms with van der Waals surface area (Å²) in [4.78, 5) is 10.4. The van der Waals surface area contributed by atoms with Crippen molar-refractivity contribution in [2.24, 2.45) is 7.05 Å². The minimum absolute atomic E-state index is 0.0453. The van der Waals surface area contributed by atoms with E-state index in [4.69, 9.17) is 4.74 Å². The Morgan fingerprint density at radius 3 is 2.90 bits per heavy atom. The van der Waals surface area contributed by atoms with Crippen LogP contribution in [0.4, 0.5) is 11.4 Å². The predicted molar refractivity (Wildman–Crippen MR) is 72.6 cm³/mol. The van der Waals surface area contributed by atoms with E-state index in [1.807, 2.05) is 7.05 Å². The average molecular weight is 277 g/mol. The molecular formula is C12H15N5O3. The normalized spacial score (nSPS) is 10.3. The number of hydrogen-bond acceptors (Lipinski definition) is 6. The first-order valence-electron chi connectivity index (χ1n) is 6.09. The maximum Gasteiger partial charge on any atom is 0.311 e. The molecule has 0 spiro atoms. The van der Waals surface area contributed by atoms with Crippen LogP contribution in [0.25, 0.3) is 0 Å². The van der Waals surface area contributed by atoms with Crippen LogP contribution < -0.4 is 10.1 Å². The number of nitro benzene ring substituents is 1. The summed E-state index contributed by atoms with van der Waals surface area (Å²) in [5.74, 6) is 1.02. The molecule has 0 aliphatic heterocycles. The van der Waals surface area contributed by atoms with Gasteiger partial charge in [0.2, 0.25) is 0 Å². The van der Waals surface area contributed by atoms with Gasteiger partial charge in [-0.05, 0) is 13.0 Å². The van der Waals surface area contributed by atoms with E-state index in [1.54, 1.807) is 30.0 Å². The number of aryl methyl sites for hydroxylation is 1. The summed E-state index contributed by atoms with van der Waals surface area (Å²) >= 11 is 0. The summed E-state index contributed by atoms with van der Waals surface area (Å²) in [6, 6.07) is 4.67. The Labute approximate surface area is 115 Å². The standard InChI is InChI=1S/C12H15N5O3/c1-3-20-11-6-9(4-5-10(11)17(18)19)13-7-12-15-14-8-16(12)2/h4-6,8,13H,3,7H2,1-2H3. The van der Waals surface area contributed by atoms with Crippen molar-refractivity contribution in [3.8, 4) is 5.75 Å². The van der Waals surface area contributed by atoms with Crippen LogP contribution in [0.5, 0.6) is 5.75 Å². The quantitative estimate of drug-likeness (QED) is 0.638. The molecular weight excluding hydrogens is 262 g/mol. The first-order valence-corrected chi connectivity index (χ1v) is 6.09. The molecule has 0 aliphatic rings. The molecule has 2 rings (SSSR count). The summed E-state index contributed by atoms with van der Waals surface area (Å²) in [6.07, 6.45) is 1.61. The Kier molecular flexibility index (Phi) is 4.14. The number of benzene rings is 1. The molecule has 106 valence electrons. The van der Waals surface area contributed by atoms with Crippen molar-refractivity contribution in [2.45, 2.75) is 13.5 Å². The van der Waals surface area contributed by atoms with Crippen LogP contribution in [-0.2, 0) is 13.6 Å². The van der Waals surface area contributed by atoms with E-state index in [1.165, 1.54) is 6.07 Å². The molecule has 0 saturated heterocycles. The minimum Gasteiger partial charge on any atom is -0.487 e. The van der Waals surface area contributed by atoms with Gasteiger partial charge in [-0.2, -0.15) is 0 Å². The molecule has 2 aromatic rings. The van der Waals surface area contributed by atoms with Gasteiger partial charge in [-0.25, -0.2) is 0 Å². The zero-order valence-corrected chi connectivity index (χ0v) is 11.2. The number of hydrogen-bond donors (Lipinski definition) is 1. The van der Waals surface area contributed by atoms with Crippen LogP contribution in [0, 0.1) is 10.1 Å².